The summed E-state index contributed by atoms with van der Waals surface area (Å²) in [6.45, 7) is 6.47. The van der Waals surface area contributed by atoms with Gasteiger partial charge >= 0.3 is 0 Å². The van der Waals surface area contributed by atoms with Crippen LogP contribution in [0.3, 0.4) is 0 Å². The minimum Gasteiger partial charge on any atom is -0.377 e. The Kier molecular flexibility index (Phi) is 5.68. The van der Waals surface area contributed by atoms with Crippen LogP contribution < -0.4 is 5.32 Å². The van der Waals surface area contributed by atoms with Crippen molar-refractivity contribution in [2.75, 3.05) is 19.0 Å². The molecule has 0 aliphatic rings. The van der Waals surface area contributed by atoms with Gasteiger partial charge in [0.15, 0.2) is 11.6 Å². The minimum absolute atomic E-state index is 0.392. The third kappa shape index (κ3) is 4.01. The summed E-state index contributed by atoms with van der Waals surface area (Å²) in [7, 11) is 1.65. The van der Waals surface area contributed by atoms with Gasteiger partial charge in [-0.1, -0.05) is 13.8 Å². The predicted octanol–water partition coefficient (Wildman–Crippen LogP) is 2.72. The number of hydrogen-bond acceptors (Lipinski definition) is 5. The van der Waals surface area contributed by atoms with E-state index >= 15 is 0 Å². The highest BCUT2D eigenvalue weighted by Gasteiger charge is 2.11. The first-order valence-corrected chi connectivity index (χ1v) is 7.40. The van der Waals surface area contributed by atoms with Crippen molar-refractivity contribution >= 4 is 5.82 Å². The van der Waals surface area contributed by atoms with E-state index in [4.69, 9.17) is 4.74 Å². The van der Waals surface area contributed by atoms with Crippen LogP contribution in [0.25, 0.3) is 11.5 Å². The fourth-order valence-electron chi connectivity index (χ4n) is 2.11. The van der Waals surface area contributed by atoms with Crippen molar-refractivity contribution in [2.45, 2.75) is 39.8 Å². The molecule has 2 aromatic rings. The Morgan fingerprint density at radius 2 is 2.10 bits per heavy atom. The lowest BCUT2D eigenvalue weighted by atomic mass is 10.3. The van der Waals surface area contributed by atoms with Crippen molar-refractivity contribution in [3.05, 3.63) is 24.3 Å². The molecule has 0 radical (unpaired) electrons. The molecule has 0 aliphatic heterocycles. The highest BCUT2D eigenvalue weighted by molar-refractivity contribution is 5.55. The first-order valence-electron chi connectivity index (χ1n) is 7.40. The van der Waals surface area contributed by atoms with Crippen molar-refractivity contribution in [3.8, 4) is 11.5 Å². The topological polar surface area (TPSA) is 64.9 Å². The van der Waals surface area contributed by atoms with Crippen LogP contribution in [0.2, 0.25) is 0 Å². The molecule has 0 atom stereocenters. The lowest BCUT2D eigenvalue weighted by molar-refractivity contribution is 0.178. The molecule has 2 heterocycles. The van der Waals surface area contributed by atoms with E-state index in [1.165, 1.54) is 0 Å². The van der Waals surface area contributed by atoms with E-state index in [0.29, 0.717) is 12.4 Å². The number of ether oxygens (including phenoxy) is 1. The number of rotatable bonds is 8. The maximum atomic E-state index is 5.16. The van der Waals surface area contributed by atoms with Gasteiger partial charge in [-0.15, -0.1) is 0 Å². The molecule has 0 amide bonds. The van der Waals surface area contributed by atoms with Crippen LogP contribution in [0.15, 0.2) is 18.5 Å². The summed E-state index contributed by atoms with van der Waals surface area (Å²) in [4.78, 5) is 13.5. The lowest BCUT2D eigenvalue weighted by Crippen LogP contribution is -2.08. The second kappa shape index (κ2) is 7.73. The number of aryl methyl sites for hydroxylation is 1. The van der Waals surface area contributed by atoms with E-state index in [0.717, 1.165) is 43.3 Å². The number of nitrogens with one attached hydrogen (secondary N) is 1. The number of methoxy groups -OCH3 is 1. The lowest BCUT2D eigenvalue weighted by Gasteiger charge is -2.10. The largest absolute Gasteiger partial charge is 0.377 e. The number of nitrogens with zero attached hydrogens (tertiary/aromatic N) is 4. The van der Waals surface area contributed by atoms with Crippen molar-refractivity contribution in [3.63, 3.8) is 0 Å². The second-order valence-electron chi connectivity index (χ2n) is 4.86. The number of imidazole rings is 1. The zero-order chi connectivity index (χ0) is 15.1. The summed E-state index contributed by atoms with van der Waals surface area (Å²) >= 11 is 0. The van der Waals surface area contributed by atoms with E-state index in [9.17, 15) is 0 Å². The molecule has 0 bridgehead atoms. The van der Waals surface area contributed by atoms with E-state index in [1.54, 1.807) is 7.11 Å². The van der Waals surface area contributed by atoms with Gasteiger partial charge in [-0.3, -0.25) is 0 Å². The van der Waals surface area contributed by atoms with Gasteiger partial charge in [-0.2, -0.15) is 0 Å². The number of aromatic nitrogens is 4. The van der Waals surface area contributed by atoms with Crippen molar-refractivity contribution in [1.29, 1.82) is 0 Å². The van der Waals surface area contributed by atoms with Crippen LogP contribution in [0.5, 0.6) is 0 Å². The van der Waals surface area contributed by atoms with Crippen LogP contribution in [0, 0.1) is 0 Å². The maximum absolute atomic E-state index is 5.16. The van der Waals surface area contributed by atoms with Gasteiger partial charge < -0.3 is 14.6 Å². The molecule has 114 valence electrons. The number of anilines is 1. The summed E-state index contributed by atoms with van der Waals surface area (Å²) in [5.41, 5.74) is 0.828. The van der Waals surface area contributed by atoms with Gasteiger partial charge in [-0.05, 0) is 12.8 Å². The molecule has 0 fully saturated rings. The summed E-state index contributed by atoms with van der Waals surface area (Å²) in [5, 5.41) is 3.30. The third-order valence-corrected chi connectivity index (χ3v) is 3.01. The highest BCUT2D eigenvalue weighted by atomic mass is 16.5. The molecule has 0 aromatic carbocycles. The Labute approximate surface area is 125 Å². The normalized spacial score (nSPS) is 10.8. The molecule has 1 N–H and O–H groups in total. The molecule has 2 aromatic heterocycles. The smallest absolute Gasteiger partial charge is 0.158 e. The standard InChI is InChI=1S/C15H23N5O/c1-4-6-16-13-10-12(18-14(19-13)11-21-3)15-17-7-9-20(15)8-5-2/h7,9-10H,4-6,8,11H2,1-3H3,(H,16,18,19). The van der Waals surface area contributed by atoms with Gasteiger partial charge in [0.2, 0.25) is 0 Å². The molecule has 6 nitrogen and oxygen atoms in total. The van der Waals surface area contributed by atoms with E-state index in [1.807, 2.05) is 18.5 Å². The first-order chi connectivity index (χ1) is 10.3. The quantitative estimate of drug-likeness (QED) is 0.809. The summed E-state index contributed by atoms with van der Waals surface area (Å²) in [6, 6.07) is 1.95. The summed E-state index contributed by atoms with van der Waals surface area (Å²) < 4.78 is 7.27. The second-order valence-corrected chi connectivity index (χ2v) is 4.86. The zero-order valence-corrected chi connectivity index (χ0v) is 13.0. The summed E-state index contributed by atoms with van der Waals surface area (Å²) in [5.74, 6) is 2.36. The molecule has 21 heavy (non-hydrogen) atoms. The molecule has 6 heteroatoms. The van der Waals surface area contributed by atoms with Crippen molar-refractivity contribution in [1.82, 2.24) is 19.5 Å². The Balaban J connectivity index is 2.36. The van der Waals surface area contributed by atoms with Crippen molar-refractivity contribution in [2.24, 2.45) is 0 Å². The maximum Gasteiger partial charge on any atom is 0.158 e. The van der Waals surface area contributed by atoms with Crippen LogP contribution in [-0.4, -0.2) is 33.2 Å². The third-order valence-electron chi connectivity index (χ3n) is 3.01. The van der Waals surface area contributed by atoms with Gasteiger partial charge in [0.25, 0.3) is 0 Å². The van der Waals surface area contributed by atoms with Gasteiger partial charge in [-0.25, -0.2) is 15.0 Å². The summed E-state index contributed by atoms with van der Waals surface area (Å²) in [6.07, 6.45) is 5.89. The average molecular weight is 289 g/mol. The Bertz CT molecular complexity index is 567. The molecule has 0 spiro atoms. The molecule has 2 rings (SSSR count). The number of hydrogen-bond donors (Lipinski definition) is 1. The molecular weight excluding hydrogens is 266 g/mol. The SMILES string of the molecule is CCCNc1cc(-c2nccn2CCC)nc(COC)n1. The zero-order valence-electron chi connectivity index (χ0n) is 13.0. The molecular formula is C15H23N5O. The fourth-order valence-corrected chi connectivity index (χ4v) is 2.11. The molecule has 0 unspecified atom stereocenters. The Morgan fingerprint density at radius 3 is 2.81 bits per heavy atom. The van der Waals surface area contributed by atoms with Gasteiger partial charge in [0, 0.05) is 38.7 Å². The van der Waals surface area contributed by atoms with Crippen molar-refractivity contribution < 1.29 is 4.74 Å². The first kappa shape index (κ1) is 15.4. The monoisotopic (exact) mass is 289 g/mol. The average Bonchev–Trinajstić information content (AvgIpc) is 2.94. The molecule has 0 saturated heterocycles. The van der Waals surface area contributed by atoms with Gasteiger partial charge in [0.05, 0.1) is 0 Å². The predicted molar refractivity (Wildman–Crippen MR) is 83.0 cm³/mol. The molecule has 0 aliphatic carbocycles. The van der Waals surface area contributed by atoms with Crippen LogP contribution >= 0.6 is 0 Å². The van der Waals surface area contributed by atoms with Gasteiger partial charge in [0.1, 0.15) is 18.1 Å². The van der Waals surface area contributed by atoms with E-state index < -0.39 is 0 Å². The fraction of sp³-hybridized carbons (Fsp3) is 0.533. The van der Waals surface area contributed by atoms with E-state index in [-0.39, 0.29) is 0 Å². The molecule has 0 saturated carbocycles. The van der Waals surface area contributed by atoms with Crippen LogP contribution in [-0.2, 0) is 17.9 Å². The highest BCUT2D eigenvalue weighted by Crippen LogP contribution is 2.19. The Morgan fingerprint density at radius 1 is 1.24 bits per heavy atom. The van der Waals surface area contributed by atoms with E-state index in [2.05, 4.69) is 38.7 Å². The van der Waals surface area contributed by atoms with Crippen LogP contribution in [0.4, 0.5) is 5.82 Å². The van der Waals surface area contributed by atoms with Crippen LogP contribution in [0.1, 0.15) is 32.5 Å². The Hall–Kier alpha value is -1.95. The minimum atomic E-state index is 0.392.